The Morgan fingerprint density at radius 2 is 2.00 bits per heavy atom. The highest BCUT2D eigenvalue weighted by molar-refractivity contribution is 5.97. The van der Waals surface area contributed by atoms with E-state index in [2.05, 4.69) is 7.05 Å². The zero-order valence-electron chi connectivity index (χ0n) is 12.4. The van der Waals surface area contributed by atoms with Crippen molar-refractivity contribution in [2.24, 2.45) is 0 Å². The summed E-state index contributed by atoms with van der Waals surface area (Å²) in [4.78, 5) is 16.1. The minimum atomic E-state index is 0.0236. The Balaban J connectivity index is 2.24. The number of nitrogens with one attached hydrogen (secondary N) is 1. The van der Waals surface area contributed by atoms with Crippen LogP contribution in [-0.2, 0) is 0 Å². The van der Waals surface area contributed by atoms with E-state index in [0.29, 0.717) is 17.1 Å². The SMILES string of the molecule is COc1cccc(C(=O)N2CCC[NH+](C)CC2)c1OC. The van der Waals surface area contributed by atoms with Gasteiger partial charge in [-0.15, -0.1) is 0 Å². The van der Waals surface area contributed by atoms with E-state index in [-0.39, 0.29) is 5.91 Å². The fourth-order valence-electron chi connectivity index (χ4n) is 2.56. The molecule has 1 atom stereocenters. The van der Waals surface area contributed by atoms with E-state index in [1.165, 1.54) is 4.90 Å². The summed E-state index contributed by atoms with van der Waals surface area (Å²) in [6.07, 6.45) is 1.03. The fourth-order valence-corrected chi connectivity index (χ4v) is 2.56. The van der Waals surface area contributed by atoms with Crippen LogP contribution in [0.1, 0.15) is 16.8 Å². The molecule has 1 heterocycles. The molecule has 1 aromatic carbocycles. The summed E-state index contributed by atoms with van der Waals surface area (Å²) >= 11 is 0. The van der Waals surface area contributed by atoms with Crippen molar-refractivity contribution in [3.05, 3.63) is 23.8 Å². The van der Waals surface area contributed by atoms with Gasteiger partial charge in [0.05, 0.1) is 46.5 Å². The van der Waals surface area contributed by atoms with Crippen LogP contribution in [0.4, 0.5) is 0 Å². The molecule has 0 bridgehead atoms. The zero-order valence-corrected chi connectivity index (χ0v) is 12.4. The number of para-hydroxylation sites is 1. The van der Waals surface area contributed by atoms with Crippen LogP contribution >= 0.6 is 0 Å². The summed E-state index contributed by atoms with van der Waals surface area (Å²) in [5, 5.41) is 0. The molecule has 1 fully saturated rings. The smallest absolute Gasteiger partial charge is 0.257 e. The lowest BCUT2D eigenvalue weighted by Gasteiger charge is -2.21. The first-order valence-electron chi connectivity index (χ1n) is 6.99. The highest BCUT2D eigenvalue weighted by Crippen LogP contribution is 2.31. The van der Waals surface area contributed by atoms with Crippen LogP contribution in [0.25, 0.3) is 0 Å². The van der Waals surface area contributed by atoms with Crippen LogP contribution in [0.5, 0.6) is 11.5 Å². The lowest BCUT2D eigenvalue weighted by molar-refractivity contribution is -0.877. The van der Waals surface area contributed by atoms with Gasteiger partial charge in [0, 0.05) is 13.0 Å². The van der Waals surface area contributed by atoms with E-state index in [0.717, 1.165) is 32.6 Å². The van der Waals surface area contributed by atoms with E-state index in [1.54, 1.807) is 26.4 Å². The number of rotatable bonds is 3. The van der Waals surface area contributed by atoms with Crippen molar-refractivity contribution >= 4 is 5.91 Å². The number of methoxy groups -OCH3 is 2. The van der Waals surface area contributed by atoms with Gasteiger partial charge in [-0.2, -0.15) is 0 Å². The maximum Gasteiger partial charge on any atom is 0.257 e. The van der Waals surface area contributed by atoms with Gasteiger partial charge < -0.3 is 19.3 Å². The molecule has 2 rings (SSSR count). The highest BCUT2D eigenvalue weighted by Gasteiger charge is 2.24. The van der Waals surface area contributed by atoms with Crippen LogP contribution in [0, 0.1) is 0 Å². The predicted molar refractivity (Wildman–Crippen MR) is 76.7 cm³/mol. The first-order valence-corrected chi connectivity index (χ1v) is 6.99. The van der Waals surface area contributed by atoms with E-state index in [1.807, 2.05) is 11.0 Å². The molecule has 0 radical (unpaired) electrons. The quantitative estimate of drug-likeness (QED) is 0.851. The standard InChI is InChI=1S/C15H22N2O3/c1-16-8-5-9-17(11-10-16)15(18)12-6-4-7-13(19-2)14(12)20-3/h4,6-7H,5,8-11H2,1-3H3/p+1. The topological polar surface area (TPSA) is 43.2 Å². The molecule has 0 saturated carbocycles. The Morgan fingerprint density at radius 1 is 1.20 bits per heavy atom. The monoisotopic (exact) mass is 279 g/mol. The first-order chi connectivity index (χ1) is 9.67. The molecular formula is C15H23N2O3+. The molecule has 1 aliphatic heterocycles. The van der Waals surface area contributed by atoms with Gasteiger partial charge in [0.15, 0.2) is 11.5 Å². The molecule has 110 valence electrons. The summed E-state index contributed by atoms with van der Waals surface area (Å²) in [6.45, 7) is 3.68. The van der Waals surface area contributed by atoms with Crippen LogP contribution in [0.15, 0.2) is 18.2 Å². The van der Waals surface area contributed by atoms with Crippen LogP contribution in [-0.4, -0.2) is 58.3 Å². The third-order valence-electron chi connectivity index (χ3n) is 3.76. The molecule has 0 spiro atoms. The second-order valence-electron chi connectivity index (χ2n) is 5.14. The lowest BCUT2D eigenvalue weighted by atomic mass is 10.1. The van der Waals surface area contributed by atoms with Gasteiger partial charge in [0.1, 0.15) is 0 Å². The second kappa shape index (κ2) is 6.61. The number of quaternary nitrogens is 1. The summed E-state index contributed by atoms with van der Waals surface area (Å²) < 4.78 is 10.6. The van der Waals surface area contributed by atoms with Crippen molar-refractivity contribution in [1.82, 2.24) is 4.90 Å². The minimum absolute atomic E-state index is 0.0236. The summed E-state index contributed by atoms with van der Waals surface area (Å²) in [7, 11) is 5.31. The number of likely N-dealkylation sites (N-methyl/N-ethyl adjacent to an activating group) is 1. The molecule has 0 aliphatic carbocycles. The number of carbonyl (C=O) groups is 1. The van der Waals surface area contributed by atoms with Gasteiger partial charge in [-0.3, -0.25) is 4.79 Å². The van der Waals surface area contributed by atoms with E-state index in [4.69, 9.17) is 9.47 Å². The van der Waals surface area contributed by atoms with Gasteiger partial charge in [-0.1, -0.05) is 6.07 Å². The van der Waals surface area contributed by atoms with Crippen molar-refractivity contribution in [3.63, 3.8) is 0 Å². The molecule has 1 saturated heterocycles. The van der Waals surface area contributed by atoms with Gasteiger partial charge in [0.2, 0.25) is 0 Å². The third-order valence-corrected chi connectivity index (χ3v) is 3.76. The van der Waals surface area contributed by atoms with Crippen molar-refractivity contribution in [2.75, 3.05) is 47.4 Å². The number of carbonyl (C=O) groups excluding carboxylic acids is 1. The molecule has 0 aromatic heterocycles. The van der Waals surface area contributed by atoms with Crippen molar-refractivity contribution in [2.45, 2.75) is 6.42 Å². The minimum Gasteiger partial charge on any atom is -0.493 e. The average molecular weight is 279 g/mol. The fraction of sp³-hybridized carbons (Fsp3) is 0.533. The van der Waals surface area contributed by atoms with E-state index in [9.17, 15) is 4.79 Å². The second-order valence-corrected chi connectivity index (χ2v) is 5.14. The Kier molecular flexibility index (Phi) is 4.84. The molecule has 1 amide bonds. The van der Waals surface area contributed by atoms with Crippen molar-refractivity contribution in [3.8, 4) is 11.5 Å². The Bertz CT molecular complexity index is 476. The van der Waals surface area contributed by atoms with Gasteiger partial charge >= 0.3 is 0 Å². The molecular weight excluding hydrogens is 256 g/mol. The number of nitrogens with zero attached hydrogens (tertiary/aromatic N) is 1. The average Bonchev–Trinajstić information content (AvgIpc) is 2.70. The Hall–Kier alpha value is -1.75. The Labute approximate surface area is 120 Å². The van der Waals surface area contributed by atoms with Gasteiger partial charge in [-0.25, -0.2) is 0 Å². The summed E-state index contributed by atoms with van der Waals surface area (Å²) in [5.74, 6) is 1.14. The number of amides is 1. The lowest BCUT2D eigenvalue weighted by Crippen LogP contribution is -3.09. The molecule has 20 heavy (non-hydrogen) atoms. The highest BCUT2D eigenvalue weighted by atomic mass is 16.5. The summed E-state index contributed by atoms with van der Waals surface area (Å²) in [5.41, 5.74) is 0.575. The first kappa shape index (κ1) is 14.7. The molecule has 5 heteroatoms. The number of hydrogen-bond acceptors (Lipinski definition) is 3. The Morgan fingerprint density at radius 3 is 2.70 bits per heavy atom. The van der Waals surface area contributed by atoms with E-state index < -0.39 is 0 Å². The molecule has 1 aliphatic rings. The van der Waals surface area contributed by atoms with Gasteiger partial charge in [-0.05, 0) is 12.1 Å². The number of ether oxygens (including phenoxy) is 2. The van der Waals surface area contributed by atoms with Crippen LogP contribution < -0.4 is 14.4 Å². The molecule has 1 aromatic rings. The van der Waals surface area contributed by atoms with Crippen LogP contribution in [0.3, 0.4) is 0 Å². The molecule has 1 N–H and O–H groups in total. The molecule has 1 unspecified atom stereocenters. The molecule has 5 nitrogen and oxygen atoms in total. The van der Waals surface area contributed by atoms with Crippen LogP contribution in [0.2, 0.25) is 0 Å². The normalized spacial score (nSPS) is 19.4. The predicted octanol–water partition coefficient (Wildman–Crippen LogP) is 0.0644. The number of hydrogen-bond donors (Lipinski definition) is 1. The number of benzene rings is 1. The summed E-state index contributed by atoms with van der Waals surface area (Å²) in [6, 6.07) is 5.42. The zero-order chi connectivity index (χ0) is 14.5. The maximum absolute atomic E-state index is 12.7. The largest absolute Gasteiger partial charge is 0.493 e. The maximum atomic E-state index is 12.7. The van der Waals surface area contributed by atoms with Crippen molar-refractivity contribution < 1.29 is 19.2 Å². The van der Waals surface area contributed by atoms with Crippen molar-refractivity contribution in [1.29, 1.82) is 0 Å². The van der Waals surface area contributed by atoms with Gasteiger partial charge in [0.25, 0.3) is 5.91 Å². The van der Waals surface area contributed by atoms with E-state index >= 15 is 0 Å². The third kappa shape index (κ3) is 3.04.